The molecular weight excluding hydrogens is 550 g/mol. The van der Waals surface area contributed by atoms with Gasteiger partial charge in [0.2, 0.25) is 11.7 Å². The van der Waals surface area contributed by atoms with Crippen LogP contribution in [0.15, 0.2) is 95.5 Å². The van der Waals surface area contributed by atoms with Crippen LogP contribution in [0, 0.1) is 13.8 Å². The lowest BCUT2D eigenvalue weighted by atomic mass is 9.97. The van der Waals surface area contributed by atoms with Gasteiger partial charge in [-0.1, -0.05) is 65.8 Å². The van der Waals surface area contributed by atoms with Gasteiger partial charge in [-0.25, -0.2) is 0 Å². The summed E-state index contributed by atoms with van der Waals surface area (Å²) in [6.45, 7) is 6.32. The number of benzene rings is 4. The molecule has 0 saturated carbocycles. The maximum absolute atomic E-state index is 13.4. The first kappa shape index (κ1) is 30.5. The van der Waals surface area contributed by atoms with Crippen molar-refractivity contribution in [2.45, 2.75) is 20.3 Å². The number of likely N-dealkylation sites (N-methyl/N-ethyl adjacent to an activating group) is 1. The topological polar surface area (TPSA) is 83.7 Å². The number of anilines is 2. The number of rotatable bonds is 12. The summed E-state index contributed by atoms with van der Waals surface area (Å²) in [4.78, 5) is 22.2. The highest BCUT2D eigenvalue weighted by molar-refractivity contribution is 6.05. The molecule has 226 valence electrons. The van der Waals surface area contributed by atoms with Crippen molar-refractivity contribution in [2.24, 2.45) is 0 Å². The largest absolute Gasteiger partial charge is 0.495 e. The molecule has 0 aliphatic heterocycles. The van der Waals surface area contributed by atoms with Crippen LogP contribution >= 0.6 is 0 Å². The number of methoxy groups -OCH3 is 1. The quantitative estimate of drug-likeness (QED) is 0.170. The third-order valence-corrected chi connectivity index (χ3v) is 7.58. The molecule has 8 nitrogen and oxygen atoms in total. The highest BCUT2D eigenvalue weighted by atomic mass is 16.5. The Labute approximate surface area is 259 Å². The van der Waals surface area contributed by atoms with Crippen LogP contribution in [0.25, 0.3) is 22.5 Å². The average molecular weight is 590 g/mol. The number of aromatic nitrogens is 2. The van der Waals surface area contributed by atoms with Gasteiger partial charge in [0.1, 0.15) is 5.75 Å². The summed E-state index contributed by atoms with van der Waals surface area (Å²) in [6.07, 6.45) is 0.902. The molecule has 0 aliphatic carbocycles. The molecule has 0 atom stereocenters. The molecule has 4 aromatic carbocycles. The van der Waals surface area contributed by atoms with Crippen LogP contribution in [0.4, 0.5) is 11.4 Å². The van der Waals surface area contributed by atoms with Gasteiger partial charge >= 0.3 is 0 Å². The van der Waals surface area contributed by atoms with Crippen molar-refractivity contribution >= 4 is 17.3 Å². The lowest BCUT2D eigenvalue weighted by Gasteiger charge is -2.28. The summed E-state index contributed by atoms with van der Waals surface area (Å²) in [5, 5.41) is 7.09. The van der Waals surface area contributed by atoms with Gasteiger partial charge < -0.3 is 24.4 Å². The minimum Gasteiger partial charge on any atom is -0.495 e. The van der Waals surface area contributed by atoms with Crippen LogP contribution in [-0.4, -0.2) is 61.8 Å². The second-order valence-electron chi connectivity index (χ2n) is 11.1. The lowest BCUT2D eigenvalue weighted by Crippen LogP contribution is -2.33. The van der Waals surface area contributed by atoms with E-state index in [-0.39, 0.29) is 5.91 Å². The first-order valence-electron chi connectivity index (χ1n) is 14.8. The fourth-order valence-corrected chi connectivity index (χ4v) is 5.14. The van der Waals surface area contributed by atoms with Crippen LogP contribution in [0.3, 0.4) is 0 Å². The molecule has 5 aromatic rings. The number of amides is 1. The van der Waals surface area contributed by atoms with Gasteiger partial charge in [0, 0.05) is 43.4 Å². The Kier molecular flexibility index (Phi) is 9.72. The third kappa shape index (κ3) is 7.51. The first-order chi connectivity index (χ1) is 21.3. The zero-order valence-corrected chi connectivity index (χ0v) is 26.0. The second-order valence-corrected chi connectivity index (χ2v) is 11.1. The van der Waals surface area contributed by atoms with E-state index in [0.717, 1.165) is 65.4 Å². The van der Waals surface area contributed by atoms with Crippen LogP contribution in [-0.2, 0) is 6.42 Å². The first-order valence-corrected chi connectivity index (χ1v) is 14.8. The maximum atomic E-state index is 13.4. The third-order valence-electron chi connectivity index (χ3n) is 7.58. The monoisotopic (exact) mass is 589 g/mol. The van der Waals surface area contributed by atoms with E-state index >= 15 is 0 Å². The molecule has 0 unspecified atom stereocenters. The summed E-state index contributed by atoms with van der Waals surface area (Å²) in [5.41, 5.74) is 7.54. The summed E-state index contributed by atoms with van der Waals surface area (Å²) < 4.78 is 10.9. The van der Waals surface area contributed by atoms with Crippen LogP contribution < -0.4 is 15.0 Å². The zero-order chi connectivity index (χ0) is 31.1. The summed E-state index contributed by atoms with van der Waals surface area (Å²) in [7, 11) is 5.83. The number of hydrogen-bond donors (Lipinski definition) is 1. The number of aryl methyl sites for hydroxylation is 2. The van der Waals surface area contributed by atoms with Crippen LogP contribution in [0.1, 0.15) is 27.4 Å². The normalized spacial score (nSPS) is 11.0. The minimum atomic E-state index is -0.164. The van der Waals surface area contributed by atoms with Gasteiger partial charge in [-0.15, -0.1) is 0 Å². The lowest BCUT2D eigenvalue weighted by molar-refractivity contribution is 0.102. The Bertz CT molecular complexity index is 1700. The van der Waals surface area contributed by atoms with E-state index in [4.69, 9.17) is 9.26 Å². The maximum Gasteiger partial charge on any atom is 0.255 e. The molecule has 0 fully saturated rings. The van der Waals surface area contributed by atoms with Crippen molar-refractivity contribution in [3.8, 4) is 28.3 Å². The number of carbonyl (C=O) groups is 1. The summed E-state index contributed by atoms with van der Waals surface area (Å²) in [5.74, 6) is 1.71. The predicted molar refractivity (Wildman–Crippen MR) is 177 cm³/mol. The second kappa shape index (κ2) is 14.0. The van der Waals surface area contributed by atoms with Crippen molar-refractivity contribution in [1.29, 1.82) is 0 Å². The van der Waals surface area contributed by atoms with E-state index in [1.807, 2.05) is 73.7 Å². The fraction of sp³-hybridized carbons (Fsp3) is 0.250. The van der Waals surface area contributed by atoms with Gasteiger partial charge in [-0.05, 0) is 80.0 Å². The molecule has 1 N–H and O–H groups in total. The van der Waals surface area contributed by atoms with Crippen molar-refractivity contribution in [3.05, 3.63) is 114 Å². The van der Waals surface area contributed by atoms with E-state index in [2.05, 4.69) is 63.6 Å². The molecule has 44 heavy (non-hydrogen) atoms. The van der Waals surface area contributed by atoms with Crippen molar-refractivity contribution in [1.82, 2.24) is 15.0 Å². The van der Waals surface area contributed by atoms with Gasteiger partial charge in [0.15, 0.2) is 0 Å². The number of ether oxygens (including phenoxy) is 1. The van der Waals surface area contributed by atoms with Gasteiger partial charge in [0.25, 0.3) is 5.91 Å². The van der Waals surface area contributed by atoms with Gasteiger partial charge in [0.05, 0.1) is 12.8 Å². The fourth-order valence-electron chi connectivity index (χ4n) is 5.14. The Morgan fingerprint density at radius 1 is 0.864 bits per heavy atom. The van der Waals surface area contributed by atoms with E-state index < -0.39 is 0 Å². The van der Waals surface area contributed by atoms with Crippen molar-refractivity contribution in [2.75, 3.05) is 51.1 Å². The molecular formula is C36H39N5O3. The van der Waals surface area contributed by atoms with E-state index in [0.29, 0.717) is 17.3 Å². The number of carbonyl (C=O) groups excluding carboxylic acids is 1. The molecule has 1 amide bonds. The number of hydrogen-bond acceptors (Lipinski definition) is 7. The van der Waals surface area contributed by atoms with Crippen LogP contribution in [0.5, 0.6) is 5.75 Å². The Morgan fingerprint density at radius 3 is 2.27 bits per heavy atom. The van der Waals surface area contributed by atoms with Crippen molar-refractivity contribution in [3.63, 3.8) is 0 Å². The minimum absolute atomic E-state index is 0.164. The van der Waals surface area contributed by atoms with Crippen LogP contribution in [0.2, 0.25) is 0 Å². The molecule has 8 heteroatoms. The predicted octanol–water partition coefficient (Wildman–Crippen LogP) is 6.89. The Morgan fingerprint density at radius 2 is 1.61 bits per heavy atom. The molecule has 0 spiro atoms. The molecule has 0 bridgehead atoms. The van der Waals surface area contributed by atoms with E-state index in [1.165, 1.54) is 5.56 Å². The molecule has 1 heterocycles. The van der Waals surface area contributed by atoms with Gasteiger partial charge in [-0.3, -0.25) is 4.79 Å². The van der Waals surface area contributed by atoms with E-state index in [9.17, 15) is 4.79 Å². The van der Waals surface area contributed by atoms with E-state index in [1.54, 1.807) is 14.0 Å². The van der Waals surface area contributed by atoms with Crippen molar-refractivity contribution < 1.29 is 14.1 Å². The summed E-state index contributed by atoms with van der Waals surface area (Å²) >= 11 is 0. The Balaban J connectivity index is 1.32. The summed E-state index contributed by atoms with van der Waals surface area (Å²) in [6, 6.07) is 30.1. The molecule has 0 saturated heterocycles. The SMILES string of the molecule is COc1ccc(NC(=O)c2ccc(-c3ccc(-c4noc(C)n4)cc3)c(C)c2)cc1N(CCc1ccccc1)CCN(C)C. The molecule has 1 aromatic heterocycles. The molecule has 5 rings (SSSR count). The standard InChI is InChI=1S/C36H39N5O3/c1-25-23-30(15-17-32(25)28-11-13-29(14-12-28)35-37-26(2)44-39-35)36(42)38-31-16-18-34(43-5)33(24-31)41(22-21-40(3)4)20-19-27-9-7-6-8-10-27/h6-18,23-24H,19-22H2,1-5H3,(H,38,42). The van der Waals surface area contributed by atoms with Gasteiger partial charge in [-0.2, -0.15) is 4.98 Å². The number of nitrogens with one attached hydrogen (secondary N) is 1. The Hall–Kier alpha value is -4.95. The highest BCUT2D eigenvalue weighted by Gasteiger charge is 2.16. The smallest absolute Gasteiger partial charge is 0.255 e. The number of nitrogens with zero attached hydrogens (tertiary/aromatic N) is 4. The zero-order valence-electron chi connectivity index (χ0n) is 26.0. The highest BCUT2D eigenvalue weighted by Crippen LogP contribution is 2.32. The molecule has 0 aliphatic rings. The molecule has 0 radical (unpaired) electrons. The average Bonchev–Trinajstić information content (AvgIpc) is 3.47.